The van der Waals surface area contributed by atoms with Gasteiger partial charge in [0.05, 0.1) is 0 Å². The molecule has 6 heteroatoms. The SMILES string of the molecule is CN(Cc1ccc2c(c1)OCO2)C(=O)CCCC(=O)O. The lowest BCUT2D eigenvalue weighted by Gasteiger charge is -2.17. The fraction of sp³-hybridized carbons (Fsp3) is 0.429. The Hall–Kier alpha value is -2.24. The van der Waals surface area contributed by atoms with Gasteiger partial charge in [-0.25, -0.2) is 0 Å². The Morgan fingerprint density at radius 1 is 1.25 bits per heavy atom. The van der Waals surface area contributed by atoms with Gasteiger partial charge in [0.2, 0.25) is 12.7 Å². The summed E-state index contributed by atoms with van der Waals surface area (Å²) >= 11 is 0. The van der Waals surface area contributed by atoms with Crippen molar-refractivity contribution in [3.63, 3.8) is 0 Å². The number of carbonyl (C=O) groups is 2. The molecule has 0 radical (unpaired) electrons. The van der Waals surface area contributed by atoms with Gasteiger partial charge < -0.3 is 19.5 Å². The molecule has 108 valence electrons. The summed E-state index contributed by atoms with van der Waals surface area (Å²) < 4.78 is 10.5. The van der Waals surface area contributed by atoms with Gasteiger partial charge in [-0.1, -0.05) is 6.07 Å². The number of hydrogen-bond acceptors (Lipinski definition) is 4. The third-order valence-electron chi connectivity index (χ3n) is 3.06. The summed E-state index contributed by atoms with van der Waals surface area (Å²) in [6.45, 7) is 0.686. The van der Waals surface area contributed by atoms with E-state index in [1.165, 1.54) is 0 Å². The van der Waals surface area contributed by atoms with Crippen molar-refractivity contribution in [3.05, 3.63) is 23.8 Å². The number of rotatable bonds is 6. The van der Waals surface area contributed by atoms with E-state index < -0.39 is 5.97 Å². The fourth-order valence-electron chi connectivity index (χ4n) is 1.98. The number of carboxylic acids is 1. The number of carbonyl (C=O) groups excluding carboxylic acids is 1. The molecular formula is C14H17NO5. The van der Waals surface area contributed by atoms with E-state index in [1.807, 2.05) is 18.2 Å². The molecule has 1 aliphatic rings. The van der Waals surface area contributed by atoms with Crippen LogP contribution in [0.4, 0.5) is 0 Å². The van der Waals surface area contributed by atoms with Crippen LogP contribution in [-0.2, 0) is 16.1 Å². The standard InChI is InChI=1S/C14H17NO5/c1-15(13(16)3-2-4-14(17)18)8-10-5-6-11-12(7-10)20-9-19-11/h5-7H,2-4,8-9H2,1H3,(H,17,18). The number of carboxylic acid groups (broad SMARTS) is 1. The Balaban J connectivity index is 1.86. The monoisotopic (exact) mass is 279 g/mol. The van der Waals surface area contributed by atoms with Gasteiger partial charge in [-0.15, -0.1) is 0 Å². The molecule has 0 aromatic heterocycles. The van der Waals surface area contributed by atoms with Crippen molar-refractivity contribution in [2.45, 2.75) is 25.8 Å². The maximum absolute atomic E-state index is 11.8. The van der Waals surface area contributed by atoms with E-state index >= 15 is 0 Å². The van der Waals surface area contributed by atoms with Crippen LogP contribution in [0.3, 0.4) is 0 Å². The van der Waals surface area contributed by atoms with Crippen molar-refractivity contribution in [2.24, 2.45) is 0 Å². The minimum Gasteiger partial charge on any atom is -0.481 e. The first-order chi connectivity index (χ1) is 9.56. The molecule has 0 saturated heterocycles. The van der Waals surface area contributed by atoms with E-state index in [9.17, 15) is 9.59 Å². The normalized spacial score (nSPS) is 12.2. The van der Waals surface area contributed by atoms with E-state index in [0.717, 1.165) is 5.56 Å². The molecule has 0 aliphatic carbocycles. The van der Waals surface area contributed by atoms with Crippen LogP contribution in [0.5, 0.6) is 11.5 Å². The quantitative estimate of drug-likeness (QED) is 0.856. The third-order valence-corrected chi connectivity index (χ3v) is 3.06. The first-order valence-electron chi connectivity index (χ1n) is 6.40. The van der Waals surface area contributed by atoms with Gasteiger partial charge >= 0.3 is 5.97 Å². The number of fused-ring (bicyclic) bond motifs is 1. The van der Waals surface area contributed by atoms with Gasteiger partial charge in [0.25, 0.3) is 0 Å². The zero-order valence-electron chi connectivity index (χ0n) is 11.3. The smallest absolute Gasteiger partial charge is 0.303 e. The highest BCUT2D eigenvalue weighted by Crippen LogP contribution is 2.32. The molecule has 0 unspecified atom stereocenters. The van der Waals surface area contributed by atoms with Crippen LogP contribution in [0.1, 0.15) is 24.8 Å². The highest BCUT2D eigenvalue weighted by atomic mass is 16.7. The van der Waals surface area contributed by atoms with Crippen molar-refractivity contribution in [2.75, 3.05) is 13.8 Å². The van der Waals surface area contributed by atoms with E-state index in [4.69, 9.17) is 14.6 Å². The van der Waals surface area contributed by atoms with Crippen LogP contribution in [0.15, 0.2) is 18.2 Å². The van der Waals surface area contributed by atoms with Gasteiger partial charge in [-0.3, -0.25) is 9.59 Å². The summed E-state index contributed by atoms with van der Waals surface area (Å²) in [4.78, 5) is 23.8. The number of nitrogens with zero attached hydrogens (tertiary/aromatic N) is 1. The number of hydrogen-bond donors (Lipinski definition) is 1. The van der Waals surface area contributed by atoms with Gasteiger partial charge in [0, 0.05) is 26.4 Å². The van der Waals surface area contributed by atoms with Crippen molar-refractivity contribution < 1.29 is 24.2 Å². The second kappa shape index (κ2) is 6.27. The van der Waals surface area contributed by atoms with Crippen LogP contribution in [0, 0.1) is 0 Å². The summed E-state index contributed by atoms with van der Waals surface area (Å²) in [5.74, 6) is 0.457. The number of amides is 1. The van der Waals surface area contributed by atoms with Gasteiger partial charge in [-0.2, -0.15) is 0 Å². The molecule has 2 rings (SSSR count). The minimum atomic E-state index is -0.878. The molecule has 1 N–H and O–H groups in total. The molecule has 1 amide bonds. The van der Waals surface area contributed by atoms with Gasteiger partial charge in [0.1, 0.15) is 0 Å². The molecule has 1 heterocycles. The third kappa shape index (κ3) is 3.63. The number of ether oxygens (including phenoxy) is 2. The molecule has 0 spiro atoms. The van der Waals surface area contributed by atoms with Crippen LogP contribution in [-0.4, -0.2) is 35.7 Å². The second-order valence-electron chi connectivity index (χ2n) is 4.68. The van der Waals surface area contributed by atoms with Crippen molar-refractivity contribution >= 4 is 11.9 Å². The van der Waals surface area contributed by atoms with E-state index in [-0.39, 0.29) is 25.5 Å². The molecule has 0 saturated carbocycles. The van der Waals surface area contributed by atoms with Crippen LogP contribution < -0.4 is 9.47 Å². The lowest BCUT2D eigenvalue weighted by atomic mass is 10.1. The van der Waals surface area contributed by atoms with Gasteiger partial charge in [0.15, 0.2) is 11.5 Å². The molecular weight excluding hydrogens is 262 g/mol. The van der Waals surface area contributed by atoms with E-state index in [1.54, 1.807) is 11.9 Å². The predicted molar refractivity (Wildman–Crippen MR) is 70.5 cm³/mol. The highest BCUT2D eigenvalue weighted by Gasteiger charge is 2.15. The molecule has 6 nitrogen and oxygen atoms in total. The average molecular weight is 279 g/mol. The first kappa shape index (κ1) is 14.2. The van der Waals surface area contributed by atoms with Crippen molar-refractivity contribution in [1.29, 1.82) is 0 Å². The molecule has 1 aromatic carbocycles. The molecule has 0 atom stereocenters. The van der Waals surface area contributed by atoms with Crippen LogP contribution in [0.25, 0.3) is 0 Å². The Labute approximate surface area is 116 Å². The van der Waals surface area contributed by atoms with Crippen molar-refractivity contribution in [1.82, 2.24) is 4.90 Å². The number of aliphatic carboxylic acids is 1. The van der Waals surface area contributed by atoms with E-state index in [2.05, 4.69) is 0 Å². The Bertz CT molecular complexity index is 514. The van der Waals surface area contributed by atoms with Crippen molar-refractivity contribution in [3.8, 4) is 11.5 Å². The second-order valence-corrected chi connectivity index (χ2v) is 4.68. The molecule has 0 bridgehead atoms. The predicted octanol–water partition coefficient (Wildman–Crippen LogP) is 1.63. The maximum atomic E-state index is 11.8. The first-order valence-corrected chi connectivity index (χ1v) is 6.40. The van der Waals surface area contributed by atoms with Gasteiger partial charge in [-0.05, 0) is 24.1 Å². The Morgan fingerprint density at radius 3 is 2.75 bits per heavy atom. The molecule has 20 heavy (non-hydrogen) atoms. The maximum Gasteiger partial charge on any atom is 0.303 e. The van der Waals surface area contributed by atoms with Crippen LogP contribution >= 0.6 is 0 Å². The zero-order valence-corrected chi connectivity index (χ0v) is 11.3. The molecule has 1 aromatic rings. The number of benzene rings is 1. The topological polar surface area (TPSA) is 76.1 Å². The van der Waals surface area contributed by atoms with E-state index in [0.29, 0.717) is 24.5 Å². The summed E-state index contributed by atoms with van der Waals surface area (Å²) in [5, 5.41) is 8.54. The lowest BCUT2D eigenvalue weighted by molar-refractivity contribution is -0.137. The lowest BCUT2D eigenvalue weighted by Crippen LogP contribution is -2.26. The summed E-state index contributed by atoms with van der Waals surface area (Å²) in [6.07, 6.45) is 0.622. The summed E-state index contributed by atoms with van der Waals surface area (Å²) in [6, 6.07) is 5.55. The largest absolute Gasteiger partial charge is 0.481 e. The highest BCUT2D eigenvalue weighted by molar-refractivity contribution is 5.76. The summed E-state index contributed by atoms with van der Waals surface area (Å²) in [7, 11) is 1.70. The Morgan fingerprint density at radius 2 is 2.00 bits per heavy atom. The fourth-order valence-corrected chi connectivity index (χ4v) is 1.98. The Kier molecular flexibility index (Phi) is 4.45. The summed E-state index contributed by atoms with van der Waals surface area (Å²) in [5.41, 5.74) is 0.948. The van der Waals surface area contributed by atoms with Crippen LogP contribution in [0.2, 0.25) is 0 Å². The molecule has 1 aliphatic heterocycles. The zero-order chi connectivity index (χ0) is 14.5. The minimum absolute atomic E-state index is 0.0175. The molecule has 0 fully saturated rings. The average Bonchev–Trinajstić information content (AvgIpc) is 2.85.